The lowest BCUT2D eigenvalue weighted by molar-refractivity contribution is -0.131. The van der Waals surface area contributed by atoms with E-state index in [0.717, 1.165) is 14.0 Å². The van der Waals surface area contributed by atoms with Crippen LogP contribution >= 0.6 is 22.6 Å². The molecular formula is C18H14IN3O3. The van der Waals surface area contributed by atoms with Crippen LogP contribution in [0.4, 0.5) is 16.2 Å². The monoisotopic (exact) mass is 447 g/mol. The molecule has 1 aliphatic rings. The molecule has 1 N–H and O–H groups in total. The number of urea groups is 1. The number of aliphatic imine (C=N–C) groups is 1. The van der Waals surface area contributed by atoms with Crippen LogP contribution in [0.1, 0.15) is 5.56 Å². The van der Waals surface area contributed by atoms with Crippen molar-refractivity contribution < 1.29 is 14.4 Å². The Morgan fingerprint density at radius 2 is 1.88 bits per heavy atom. The van der Waals surface area contributed by atoms with Crippen LogP contribution in [0.25, 0.3) is 0 Å². The van der Waals surface area contributed by atoms with Crippen molar-refractivity contribution in [1.29, 1.82) is 0 Å². The smallest absolute Gasteiger partial charge is 0.276 e. The van der Waals surface area contributed by atoms with E-state index in [1.165, 1.54) is 6.21 Å². The number of anilines is 1. The minimum atomic E-state index is -1.16. The molecule has 1 heterocycles. The highest BCUT2D eigenvalue weighted by molar-refractivity contribution is 14.1. The van der Waals surface area contributed by atoms with Gasteiger partial charge in [-0.25, -0.2) is 9.69 Å². The average molecular weight is 447 g/mol. The summed E-state index contributed by atoms with van der Waals surface area (Å²) in [6.45, 7) is 1.86. The second-order valence-electron chi connectivity index (χ2n) is 5.51. The number of benzene rings is 2. The van der Waals surface area contributed by atoms with Crippen molar-refractivity contribution in [2.75, 3.05) is 4.90 Å². The molecule has 126 valence electrons. The molecule has 1 saturated heterocycles. The molecule has 7 heteroatoms. The molecule has 0 saturated carbocycles. The first-order valence-corrected chi connectivity index (χ1v) is 8.59. The number of amides is 4. The van der Waals surface area contributed by atoms with Crippen molar-refractivity contribution in [3.05, 3.63) is 57.7 Å². The van der Waals surface area contributed by atoms with Gasteiger partial charge in [-0.15, -0.1) is 0 Å². The molecule has 0 bridgehead atoms. The molecule has 6 nitrogen and oxygen atoms in total. The normalized spacial score (nSPS) is 17.9. The third-order valence-electron chi connectivity index (χ3n) is 3.68. The number of rotatable bonds is 3. The van der Waals surface area contributed by atoms with Gasteiger partial charge in [0, 0.05) is 9.78 Å². The first-order valence-electron chi connectivity index (χ1n) is 7.51. The van der Waals surface area contributed by atoms with Gasteiger partial charge in [-0.3, -0.25) is 19.9 Å². The second kappa shape index (κ2) is 7.14. The molecule has 25 heavy (non-hydrogen) atoms. The number of halogens is 1. The number of aryl methyl sites for hydroxylation is 1. The van der Waals surface area contributed by atoms with Crippen LogP contribution in [0.5, 0.6) is 0 Å². The Morgan fingerprint density at radius 3 is 2.60 bits per heavy atom. The molecule has 0 unspecified atom stereocenters. The van der Waals surface area contributed by atoms with Crippen molar-refractivity contribution >= 4 is 58.0 Å². The van der Waals surface area contributed by atoms with Gasteiger partial charge >= 0.3 is 6.03 Å². The van der Waals surface area contributed by atoms with E-state index in [9.17, 15) is 14.4 Å². The standard InChI is InChI=1S/C18H14IN3O3/c1-11-5-4-6-12(9-11)22-17(24)13(16(23)21-18(22)25)10-20-15-8-3-2-7-14(15)19/h2-10,13H,1H3,(H,21,23,25)/t13-/m1/s1. The van der Waals surface area contributed by atoms with E-state index < -0.39 is 23.8 Å². The van der Waals surface area contributed by atoms with Gasteiger partial charge in [0.15, 0.2) is 5.92 Å². The predicted molar refractivity (Wildman–Crippen MR) is 103 cm³/mol. The Morgan fingerprint density at radius 1 is 1.12 bits per heavy atom. The number of carbonyl (C=O) groups is 3. The minimum Gasteiger partial charge on any atom is -0.276 e. The molecule has 2 aromatic rings. The highest BCUT2D eigenvalue weighted by Gasteiger charge is 2.40. The summed E-state index contributed by atoms with van der Waals surface area (Å²) in [6, 6.07) is 13.6. The summed E-state index contributed by atoms with van der Waals surface area (Å²) >= 11 is 2.12. The molecule has 1 fully saturated rings. The van der Waals surface area contributed by atoms with Crippen molar-refractivity contribution in [3.63, 3.8) is 0 Å². The molecule has 0 radical (unpaired) electrons. The van der Waals surface area contributed by atoms with Crippen LogP contribution in [0, 0.1) is 16.4 Å². The van der Waals surface area contributed by atoms with Gasteiger partial charge in [0.1, 0.15) is 0 Å². The fourth-order valence-electron chi connectivity index (χ4n) is 2.44. The van der Waals surface area contributed by atoms with E-state index in [4.69, 9.17) is 0 Å². The molecule has 1 atom stereocenters. The largest absolute Gasteiger partial charge is 0.335 e. The fraction of sp³-hybridized carbons (Fsp3) is 0.111. The highest BCUT2D eigenvalue weighted by atomic mass is 127. The van der Waals surface area contributed by atoms with Crippen LogP contribution < -0.4 is 10.2 Å². The SMILES string of the molecule is Cc1cccc(N2C(=O)NC(=O)[C@@H](C=Nc3ccccc3I)C2=O)c1. The Labute approximate surface area is 158 Å². The third-order valence-corrected chi connectivity index (χ3v) is 4.59. The molecule has 3 rings (SSSR count). The number of hydrogen-bond donors (Lipinski definition) is 1. The van der Waals surface area contributed by atoms with Crippen molar-refractivity contribution in [2.24, 2.45) is 10.9 Å². The maximum Gasteiger partial charge on any atom is 0.335 e. The van der Waals surface area contributed by atoms with Crippen LogP contribution in [-0.2, 0) is 9.59 Å². The average Bonchev–Trinajstić information content (AvgIpc) is 2.56. The van der Waals surface area contributed by atoms with Gasteiger partial charge in [0.05, 0.1) is 11.4 Å². The molecule has 2 aromatic carbocycles. The van der Waals surface area contributed by atoms with Crippen molar-refractivity contribution in [3.8, 4) is 0 Å². The summed E-state index contributed by atoms with van der Waals surface area (Å²) in [5.74, 6) is -2.45. The molecule has 0 spiro atoms. The quantitative estimate of drug-likeness (QED) is 0.446. The lowest BCUT2D eigenvalue weighted by Gasteiger charge is -2.28. The first-order chi connectivity index (χ1) is 12.0. The number of barbiturate groups is 1. The Hall–Kier alpha value is -2.55. The van der Waals surface area contributed by atoms with Gasteiger partial charge < -0.3 is 0 Å². The van der Waals surface area contributed by atoms with Crippen molar-refractivity contribution in [2.45, 2.75) is 6.92 Å². The zero-order valence-corrected chi connectivity index (χ0v) is 15.4. The summed E-state index contributed by atoms with van der Waals surface area (Å²) in [5, 5.41) is 2.21. The van der Waals surface area contributed by atoms with Gasteiger partial charge in [-0.1, -0.05) is 24.3 Å². The Bertz CT molecular complexity index is 895. The van der Waals surface area contributed by atoms with E-state index in [0.29, 0.717) is 11.4 Å². The lowest BCUT2D eigenvalue weighted by atomic mass is 10.1. The van der Waals surface area contributed by atoms with E-state index in [2.05, 4.69) is 32.9 Å². The Balaban J connectivity index is 1.92. The van der Waals surface area contributed by atoms with Gasteiger partial charge in [-0.2, -0.15) is 0 Å². The van der Waals surface area contributed by atoms with Crippen LogP contribution in [0.15, 0.2) is 53.5 Å². The van der Waals surface area contributed by atoms with E-state index >= 15 is 0 Å². The topological polar surface area (TPSA) is 78.8 Å². The second-order valence-corrected chi connectivity index (χ2v) is 6.68. The van der Waals surface area contributed by atoms with Crippen LogP contribution in [-0.4, -0.2) is 24.1 Å². The third kappa shape index (κ3) is 3.60. The van der Waals surface area contributed by atoms with E-state index in [-0.39, 0.29) is 0 Å². The van der Waals surface area contributed by atoms with Crippen LogP contribution in [0.3, 0.4) is 0 Å². The summed E-state index contributed by atoms with van der Waals surface area (Å²) in [6.07, 6.45) is 1.28. The van der Waals surface area contributed by atoms with E-state index in [1.807, 2.05) is 31.2 Å². The summed E-state index contributed by atoms with van der Waals surface area (Å²) in [4.78, 5) is 42.2. The maximum absolute atomic E-state index is 12.7. The number of hydrogen-bond acceptors (Lipinski definition) is 4. The number of nitrogens with zero attached hydrogens (tertiary/aromatic N) is 2. The molecule has 0 aromatic heterocycles. The summed E-state index contributed by atoms with van der Waals surface area (Å²) in [5.41, 5.74) is 1.98. The van der Waals surface area contributed by atoms with Crippen LogP contribution in [0.2, 0.25) is 0 Å². The lowest BCUT2D eigenvalue weighted by Crippen LogP contribution is -2.58. The first kappa shape index (κ1) is 17.3. The molecule has 4 amide bonds. The summed E-state index contributed by atoms with van der Waals surface area (Å²) in [7, 11) is 0. The van der Waals surface area contributed by atoms with Crippen molar-refractivity contribution in [1.82, 2.24) is 5.32 Å². The molecule has 1 aliphatic heterocycles. The molecular weight excluding hydrogens is 433 g/mol. The number of carbonyl (C=O) groups excluding carboxylic acids is 3. The van der Waals surface area contributed by atoms with Gasteiger partial charge in [-0.05, 0) is 59.3 Å². The summed E-state index contributed by atoms with van der Waals surface area (Å²) < 4.78 is 0.895. The highest BCUT2D eigenvalue weighted by Crippen LogP contribution is 2.23. The maximum atomic E-state index is 12.7. The Kier molecular flexibility index (Phi) is 4.93. The zero-order chi connectivity index (χ0) is 18.0. The fourth-order valence-corrected chi connectivity index (χ4v) is 2.97. The number of nitrogens with one attached hydrogen (secondary N) is 1. The van der Waals surface area contributed by atoms with Gasteiger partial charge in [0.2, 0.25) is 5.91 Å². The molecule has 0 aliphatic carbocycles. The zero-order valence-electron chi connectivity index (χ0n) is 13.3. The van der Waals surface area contributed by atoms with Gasteiger partial charge in [0.25, 0.3) is 5.91 Å². The predicted octanol–water partition coefficient (Wildman–Crippen LogP) is 3.20. The minimum absolute atomic E-state index is 0.419. The number of para-hydroxylation sites is 1. The van der Waals surface area contributed by atoms with E-state index in [1.54, 1.807) is 24.3 Å². The number of imide groups is 2.